The smallest absolute Gasteiger partial charge is 0.266 e. The standard InChI is InChI=1S/C17H13NO3S2/c1-10(16(20)21)18-15(19)14(23-17(18)22)9-12-7-4-6-11-5-2-3-8-13(11)12/h2-10H,1H3,(H,20,21)/p-1. The van der Waals surface area contributed by atoms with Crippen molar-refractivity contribution >= 4 is 57.0 Å². The molecule has 1 unspecified atom stereocenters. The molecule has 116 valence electrons. The highest BCUT2D eigenvalue weighted by Gasteiger charge is 2.35. The van der Waals surface area contributed by atoms with E-state index in [0.29, 0.717) is 4.91 Å². The summed E-state index contributed by atoms with van der Waals surface area (Å²) in [6, 6.07) is 12.6. The molecule has 0 spiro atoms. The van der Waals surface area contributed by atoms with Crippen LogP contribution in [-0.4, -0.2) is 27.1 Å². The van der Waals surface area contributed by atoms with E-state index in [9.17, 15) is 14.7 Å². The predicted octanol–water partition coefficient (Wildman–Crippen LogP) is 2.18. The Balaban J connectivity index is 2.02. The van der Waals surface area contributed by atoms with Crippen molar-refractivity contribution in [3.63, 3.8) is 0 Å². The molecule has 0 aliphatic carbocycles. The Kier molecular flexibility index (Phi) is 4.19. The van der Waals surface area contributed by atoms with Crippen molar-refractivity contribution in [1.82, 2.24) is 4.90 Å². The fourth-order valence-corrected chi connectivity index (χ4v) is 3.85. The van der Waals surface area contributed by atoms with Gasteiger partial charge in [-0.25, -0.2) is 0 Å². The predicted molar refractivity (Wildman–Crippen MR) is 93.4 cm³/mol. The van der Waals surface area contributed by atoms with Crippen LogP contribution in [0.2, 0.25) is 0 Å². The van der Waals surface area contributed by atoms with Gasteiger partial charge >= 0.3 is 0 Å². The molecule has 0 saturated carbocycles. The molecule has 1 amide bonds. The number of amides is 1. The first kappa shape index (κ1) is 15.7. The van der Waals surface area contributed by atoms with E-state index in [1.54, 1.807) is 6.08 Å². The Morgan fingerprint density at radius 3 is 2.70 bits per heavy atom. The van der Waals surface area contributed by atoms with Crippen LogP contribution in [0.1, 0.15) is 12.5 Å². The number of carboxylic acids is 1. The first-order valence-electron chi connectivity index (χ1n) is 6.94. The molecule has 0 bridgehead atoms. The van der Waals surface area contributed by atoms with Crippen LogP contribution in [0.25, 0.3) is 16.8 Å². The van der Waals surface area contributed by atoms with Gasteiger partial charge in [0.05, 0.1) is 16.9 Å². The molecule has 4 nitrogen and oxygen atoms in total. The number of carbonyl (C=O) groups is 2. The zero-order chi connectivity index (χ0) is 16.6. The van der Waals surface area contributed by atoms with Crippen molar-refractivity contribution < 1.29 is 14.7 Å². The number of nitrogens with zero attached hydrogens (tertiary/aromatic N) is 1. The Labute approximate surface area is 142 Å². The van der Waals surface area contributed by atoms with Crippen LogP contribution >= 0.6 is 24.0 Å². The third-order valence-electron chi connectivity index (χ3n) is 3.66. The summed E-state index contributed by atoms with van der Waals surface area (Å²) in [7, 11) is 0. The SMILES string of the molecule is CC(C(=O)[O-])N1C(=O)C(=Cc2cccc3ccccc23)SC1=S. The van der Waals surface area contributed by atoms with Crippen LogP contribution in [0.4, 0.5) is 0 Å². The van der Waals surface area contributed by atoms with Crippen molar-refractivity contribution in [2.75, 3.05) is 0 Å². The van der Waals surface area contributed by atoms with Gasteiger partial charge in [-0.05, 0) is 29.3 Å². The van der Waals surface area contributed by atoms with Crippen molar-refractivity contribution in [2.45, 2.75) is 13.0 Å². The largest absolute Gasteiger partial charge is 0.548 e. The highest BCUT2D eigenvalue weighted by atomic mass is 32.2. The van der Waals surface area contributed by atoms with E-state index in [-0.39, 0.29) is 4.32 Å². The van der Waals surface area contributed by atoms with E-state index >= 15 is 0 Å². The highest BCUT2D eigenvalue weighted by Crippen LogP contribution is 2.34. The third kappa shape index (κ3) is 2.87. The summed E-state index contributed by atoms with van der Waals surface area (Å²) in [4.78, 5) is 25.0. The Hall–Kier alpha value is -2.18. The minimum atomic E-state index is -1.33. The van der Waals surface area contributed by atoms with Crippen LogP contribution in [0.3, 0.4) is 0 Å². The summed E-state index contributed by atoms with van der Waals surface area (Å²) in [6.45, 7) is 1.39. The fourth-order valence-electron chi connectivity index (χ4n) is 2.44. The Morgan fingerprint density at radius 1 is 1.26 bits per heavy atom. The van der Waals surface area contributed by atoms with Gasteiger partial charge in [-0.15, -0.1) is 0 Å². The second-order valence-electron chi connectivity index (χ2n) is 5.12. The van der Waals surface area contributed by atoms with E-state index in [0.717, 1.165) is 33.0 Å². The number of hydrogen-bond donors (Lipinski definition) is 0. The summed E-state index contributed by atoms with van der Waals surface area (Å²) in [5.74, 6) is -1.72. The number of carboxylic acid groups (broad SMARTS) is 1. The molecule has 1 fully saturated rings. The van der Waals surface area contributed by atoms with Gasteiger partial charge in [0.2, 0.25) is 0 Å². The lowest BCUT2D eigenvalue weighted by molar-refractivity contribution is -0.309. The summed E-state index contributed by atoms with van der Waals surface area (Å²) >= 11 is 6.25. The molecule has 6 heteroatoms. The van der Waals surface area contributed by atoms with Gasteiger partial charge in [-0.1, -0.05) is 66.4 Å². The maximum atomic E-state index is 12.5. The molecule has 2 aromatic rings. The molecule has 23 heavy (non-hydrogen) atoms. The molecule has 1 aliphatic heterocycles. The molecular weight excluding hydrogens is 330 g/mol. The quantitative estimate of drug-likeness (QED) is 0.632. The number of thioether (sulfide) groups is 1. The summed E-state index contributed by atoms with van der Waals surface area (Å²) in [6.07, 6.45) is 1.75. The maximum absolute atomic E-state index is 12.5. The molecule has 2 aromatic carbocycles. The highest BCUT2D eigenvalue weighted by molar-refractivity contribution is 8.26. The topological polar surface area (TPSA) is 60.4 Å². The normalized spacial score (nSPS) is 18.0. The summed E-state index contributed by atoms with van der Waals surface area (Å²) in [5.41, 5.74) is 0.893. The van der Waals surface area contributed by atoms with E-state index in [4.69, 9.17) is 12.2 Å². The average Bonchev–Trinajstić information content (AvgIpc) is 2.81. The monoisotopic (exact) mass is 342 g/mol. The van der Waals surface area contributed by atoms with Crippen molar-refractivity contribution in [3.8, 4) is 0 Å². The van der Waals surface area contributed by atoms with E-state index in [1.807, 2.05) is 42.5 Å². The van der Waals surface area contributed by atoms with Crippen molar-refractivity contribution in [3.05, 3.63) is 52.9 Å². The van der Waals surface area contributed by atoms with E-state index < -0.39 is 17.9 Å². The molecule has 1 aliphatic rings. The zero-order valence-electron chi connectivity index (χ0n) is 12.2. The van der Waals surface area contributed by atoms with Crippen LogP contribution in [0, 0.1) is 0 Å². The van der Waals surface area contributed by atoms with Gasteiger partial charge in [0.1, 0.15) is 4.32 Å². The number of fused-ring (bicyclic) bond motifs is 1. The van der Waals surface area contributed by atoms with Gasteiger partial charge in [-0.2, -0.15) is 0 Å². The van der Waals surface area contributed by atoms with Gasteiger partial charge in [-0.3, -0.25) is 9.69 Å². The van der Waals surface area contributed by atoms with Gasteiger partial charge in [0, 0.05) is 0 Å². The van der Waals surface area contributed by atoms with Gasteiger partial charge < -0.3 is 9.90 Å². The zero-order valence-corrected chi connectivity index (χ0v) is 13.8. The molecular formula is C17H12NO3S2-. The Bertz CT molecular complexity index is 855. The van der Waals surface area contributed by atoms with Gasteiger partial charge in [0.15, 0.2) is 0 Å². The first-order chi connectivity index (χ1) is 11.0. The molecule has 0 N–H and O–H groups in total. The molecule has 1 heterocycles. The Morgan fingerprint density at radius 2 is 1.96 bits per heavy atom. The number of hydrogen-bond acceptors (Lipinski definition) is 5. The van der Waals surface area contributed by atoms with Crippen molar-refractivity contribution in [1.29, 1.82) is 0 Å². The van der Waals surface area contributed by atoms with Crippen LogP contribution < -0.4 is 5.11 Å². The summed E-state index contributed by atoms with van der Waals surface area (Å²) < 4.78 is 0.234. The van der Waals surface area contributed by atoms with Crippen LogP contribution in [-0.2, 0) is 9.59 Å². The number of carbonyl (C=O) groups excluding carboxylic acids is 2. The number of benzene rings is 2. The van der Waals surface area contributed by atoms with E-state index in [1.165, 1.54) is 6.92 Å². The number of rotatable bonds is 3. The fraction of sp³-hybridized carbons (Fsp3) is 0.118. The lowest BCUT2D eigenvalue weighted by Gasteiger charge is -2.23. The minimum Gasteiger partial charge on any atom is -0.548 e. The van der Waals surface area contributed by atoms with Crippen LogP contribution in [0.15, 0.2) is 47.4 Å². The minimum absolute atomic E-state index is 0.234. The van der Waals surface area contributed by atoms with E-state index in [2.05, 4.69) is 0 Å². The van der Waals surface area contributed by atoms with Gasteiger partial charge in [0.25, 0.3) is 5.91 Å². The molecule has 0 radical (unpaired) electrons. The first-order valence-corrected chi connectivity index (χ1v) is 8.17. The number of thiocarbonyl (C=S) groups is 1. The second kappa shape index (κ2) is 6.14. The molecule has 0 aromatic heterocycles. The maximum Gasteiger partial charge on any atom is 0.266 e. The van der Waals surface area contributed by atoms with Crippen molar-refractivity contribution in [2.24, 2.45) is 0 Å². The lowest BCUT2D eigenvalue weighted by Crippen LogP contribution is -2.48. The summed E-state index contributed by atoms with van der Waals surface area (Å²) in [5, 5.41) is 13.1. The average molecular weight is 342 g/mol. The van der Waals surface area contributed by atoms with Crippen LogP contribution in [0.5, 0.6) is 0 Å². The second-order valence-corrected chi connectivity index (χ2v) is 6.79. The third-order valence-corrected chi connectivity index (χ3v) is 4.99. The lowest BCUT2D eigenvalue weighted by atomic mass is 10.0. The number of aliphatic carboxylic acids is 1. The molecule has 3 rings (SSSR count). The molecule has 1 saturated heterocycles. The molecule has 1 atom stereocenters.